The minimum atomic E-state index is -0.851. The fourth-order valence-electron chi connectivity index (χ4n) is 1.71. The first-order chi connectivity index (χ1) is 7.10. The summed E-state index contributed by atoms with van der Waals surface area (Å²) in [7, 11) is 1.36. The third-order valence-electron chi connectivity index (χ3n) is 2.86. The Bertz CT molecular complexity index is 410. The zero-order valence-corrected chi connectivity index (χ0v) is 8.29. The van der Waals surface area contributed by atoms with Gasteiger partial charge in [-0.2, -0.15) is 0 Å². The molecule has 1 saturated carbocycles. The summed E-state index contributed by atoms with van der Waals surface area (Å²) < 4.78 is 17.9. The summed E-state index contributed by atoms with van der Waals surface area (Å²) in [5.74, 6) is -1.22. The van der Waals surface area contributed by atoms with Gasteiger partial charge in [-0.1, -0.05) is 6.07 Å². The molecule has 0 atom stereocenters. The van der Waals surface area contributed by atoms with E-state index in [1.165, 1.54) is 25.3 Å². The number of hydrogen-bond donors (Lipinski definition) is 1. The van der Waals surface area contributed by atoms with Crippen molar-refractivity contribution in [3.8, 4) is 5.75 Å². The van der Waals surface area contributed by atoms with E-state index in [2.05, 4.69) is 0 Å². The van der Waals surface area contributed by atoms with Gasteiger partial charge in [-0.15, -0.1) is 0 Å². The van der Waals surface area contributed by atoms with Crippen LogP contribution < -0.4 is 4.74 Å². The maximum atomic E-state index is 13.1. The Morgan fingerprint density at radius 1 is 1.53 bits per heavy atom. The average molecular weight is 210 g/mol. The predicted octanol–water partition coefficient (Wildman–Crippen LogP) is 1.95. The van der Waals surface area contributed by atoms with Gasteiger partial charge in [-0.25, -0.2) is 4.39 Å². The van der Waals surface area contributed by atoms with Crippen molar-refractivity contribution in [3.63, 3.8) is 0 Å². The Labute approximate surface area is 86.5 Å². The highest BCUT2D eigenvalue weighted by Crippen LogP contribution is 2.49. The molecule has 1 fully saturated rings. The number of ether oxygens (including phenoxy) is 1. The molecular formula is C11H11FO3. The van der Waals surface area contributed by atoms with E-state index >= 15 is 0 Å². The molecule has 1 aliphatic rings. The molecule has 1 aromatic carbocycles. The SMILES string of the molecule is COc1cc(C2(C(=O)O)CC2)ccc1F. The molecule has 0 amide bonds. The maximum Gasteiger partial charge on any atom is 0.314 e. The molecule has 1 aliphatic carbocycles. The van der Waals surface area contributed by atoms with Gasteiger partial charge in [0.2, 0.25) is 0 Å². The summed E-state index contributed by atoms with van der Waals surface area (Å²) in [4.78, 5) is 11.0. The molecule has 0 aliphatic heterocycles. The van der Waals surface area contributed by atoms with E-state index in [0.717, 1.165) is 0 Å². The molecule has 0 radical (unpaired) electrons. The Kier molecular flexibility index (Phi) is 2.14. The van der Waals surface area contributed by atoms with Gasteiger partial charge in [-0.3, -0.25) is 4.79 Å². The monoisotopic (exact) mass is 210 g/mol. The molecule has 0 saturated heterocycles. The van der Waals surface area contributed by atoms with Crippen LogP contribution in [0.4, 0.5) is 4.39 Å². The molecular weight excluding hydrogens is 199 g/mol. The Morgan fingerprint density at radius 2 is 2.20 bits per heavy atom. The third kappa shape index (κ3) is 1.46. The first-order valence-electron chi connectivity index (χ1n) is 4.67. The second-order valence-corrected chi connectivity index (χ2v) is 3.74. The van der Waals surface area contributed by atoms with Crippen LogP contribution in [0.25, 0.3) is 0 Å². The molecule has 0 unspecified atom stereocenters. The predicted molar refractivity (Wildman–Crippen MR) is 51.5 cm³/mol. The van der Waals surface area contributed by atoms with Crippen molar-refractivity contribution in [3.05, 3.63) is 29.6 Å². The van der Waals surface area contributed by atoms with E-state index in [-0.39, 0.29) is 5.75 Å². The van der Waals surface area contributed by atoms with E-state index in [0.29, 0.717) is 18.4 Å². The molecule has 0 heterocycles. The van der Waals surface area contributed by atoms with E-state index < -0.39 is 17.2 Å². The molecule has 80 valence electrons. The standard InChI is InChI=1S/C11H11FO3/c1-15-9-6-7(2-3-8(9)12)11(4-5-11)10(13)14/h2-3,6H,4-5H2,1H3,(H,13,14). The van der Waals surface area contributed by atoms with Crippen molar-refractivity contribution in [2.45, 2.75) is 18.3 Å². The van der Waals surface area contributed by atoms with E-state index in [1.807, 2.05) is 0 Å². The Hall–Kier alpha value is -1.58. The Balaban J connectivity index is 2.42. The van der Waals surface area contributed by atoms with Crippen LogP contribution in [0.15, 0.2) is 18.2 Å². The van der Waals surface area contributed by atoms with Crippen molar-refractivity contribution in [1.29, 1.82) is 0 Å². The topological polar surface area (TPSA) is 46.5 Å². The van der Waals surface area contributed by atoms with Gasteiger partial charge in [0.25, 0.3) is 0 Å². The van der Waals surface area contributed by atoms with Gasteiger partial charge >= 0.3 is 5.97 Å². The van der Waals surface area contributed by atoms with Gasteiger partial charge in [-0.05, 0) is 30.5 Å². The van der Waals surface area contributed by atoms with Crippen LogP contribution >= 0.6 is 0 Å². The lowest BCUT2D eigenvalue weighted by atomic mass is 9.96. The summed E-state index contributed by atoms with van der Waals surface area (Å²) in [6, 6.07) is 4.23. The first kappa shape index (κ1) is 9.96. The summed E-state index contributed by atoms with van der Waals surface area (Å²) in [5, 5.41) is 9.06. The molecule has 1 N–H and O–H groups in total. The fourth-order valence-corrected chi connectivity index (χ4v) is 1.71. The van der Waals surface area contributed by atoms with Gasteiger partial charge in [0.15, 0.2) is 11.6 Å². The second kappa shape index (κ2) is 3.22. The number of carboxylic acids is 1. The van der Waals surface area contributed by atoms with Gasteiger partial charge < -0.3 is 9.84 Å². The van der Waals surface area contributed by atoms with Crippen LogP contribution in [-0.2, 0) is 10.2 Å². The lowest BCUT2D eigenvalue weighted by molar-refractivity contribution is -0.140. The number of halogens is 1. The largest absolute Gasteiger partial charge is 0.494 e. The van der Waals surface area contributed by atoms with Crippen LogP contribution in [0.2, 0.25) is 0 Å². The number of benzene rings is 1. The van der Waals surface area contributed by atoms with Crippen LogP contribution in [-0.4, -0.2) is 18.2 Å². The third-order valence-corrected chi connectivity index (χ3v) is 2.86. The van der Waals surface area contributed by atoms with E-state index in [9.17, 15) is 9.18 Å². The number of rotatable bonds is 3. The minimum Gasteiger partial charge on any atom is -0.494 e. The first-order valence-corrected chi connectivity index (χ1v) is 4.67. The molecule has 15 heavy (non-hydrogen) atoms. The molecule has 3 nitrogen and oxygen atoms in total. The number of carbonyl (C=O) groups is 1. The van der Waals surface area contributed by atoms with E-state index in [4.69, 9.17) is 9.84 Å². The summed E-state index contributed by atoms with van der Waals surface area (Å²) in [5.41, 5.74) is -0.186. The van der Waals surface area contributed by atoms with Gasteiger partial charge in [0, 0.05) is 0 Å². The molecule has 0 aromatic heterocycles. The van der Waals surface area contributed by atoms with Gasteiger partial charge in [0.1, 0.15) is 0 Å². The van der Waals surface area contributed by atoms with Crippen molar-refractivity contribution < 1.29 is 19.0 Å². The minimum absolute atomic E-state index is 0.0972. The van der Waals surface area contributed by atoms with Crippen molar-refractivity contribution >= 4 is 5.97 Å². The highest BCUT2D eigenvalue weighted by atomic mass is 19.1. The van der Waals surface area contributed by atoms with Crippen molar-refractivity contribution in [2.24, 2.45) is 0 Å². The summed E-state index contributed by atoms with van der Waals surface area (Å²) in [6.07, 6.45) is 1.22. The highest BCUT2D eigenvalue weighted by molar-refractivity contribution is 5.85. The zero-order chi connectivity index (χ0) is 11.1. The van der Waals surface area contributed by atoms with Crippen LogP contribution in [0, 0.1) is 5.82 Å². The average Bonchev–Trinajstić information content (AvgIpc) is 2.99. The lowest BCUT2D eigenvalue weighted by Gasteiger charge is -2.11. The molecule has 1 aromatic rings. The maximum absolute atomic E-state index is 13.1. The Morgan fingerprint density at radius 3 is 2.67 bits per heavy atom. The van der Waals surface area contributed by atoms with Crippen LogP contribution in [0.5, 0.6) is 5.75 Å². The quantitative estimate of drug-likeness (QED) is 0.829. The van der Waals surface area contributed by atoms with Gasteiger partial charge in [0.05, 0.1) is 12.5 Å². The molecule has 0 bridgehead atoms. The smallest absolute Gasteiger partial charge is 0.314 e. The fraction of sp³-hybridized carbons (Fsp3) is 0.364. The summed E-state index contributed by atoms with van der Waals surface area (Å²) >= 11 is 0. The molecule has 2 rings (SSSR count). The van der Waals surface area contributed by atoms with E-state index in [1.54, 1.807) is 0 Å². The van der Waals surface area contributed by atoms with Crippen molar-refractivity contribution in [1.82, 2.24) is 0 Å². The number of hydrogen-bond acceptors (Lipinski definition) is 2. The lowest BCUT2D eigenvalue weighted by Crippen LogP contribution is -2.19. The van der Waals surface area contributed by atoms with Crippen LogP contribution in [0.1, 0.15) is 18.4 Å². The number of aliphatic carboxylic acids is 1. The number of carboxylic acid groups (broad SMARTS) is 1. The highest BCUT2D eigenvalue weighted by Gasteiger charge is 2.51. The molecule has 4 heteroatoms. The molecule has 0 spiro atoms. The number of methoxy groups -OCH3 is 1. The van der Waals surface area contributed by atoms with Crippen molar-refractivity contribution in [2.75, 3.05) is 7.11 Å². The normalized spacial score (nSPS) is 17.2. The second-order valence-electron chi connectivity index (χ2n) is 3.74. The summed E-state index contributed by atoms with van der Waals surface area (Å²) in [6.45, 7) is 0. The van der Waals surface area contributed by atoms with Crippen LogP contribution in [0.3, 0.4) is 0 Å². The zero-order valence-electron chi connectivity index (χ0n) is 8.29.